The Morgan fingerprint density at radius 2 is 1.96 bits per heavy atom. The van der Waals surface area contributed by atoms with Crippen molar-refractivity contribution in [2.24, 2.45) is 23.7 Å². The molecule has 0 unspecified atom stereocenters. The molecule has 27 heavy (non-hydrogen) atoms. The average Bonchev–Trinajstić information content (AvgIpc) is 3.36. The second-order valence-corrected chi connectivity index (χ2v) is 7.35. The molecule has 4 atom stereocenters. The average molecular weight is 364 g/mol. The molecule has 1 aliphatic heterocycles. The standard InChI is InChI=1S/C20H20N4O3/c21-6-2-8-23(11-13-3-1-7-22-10-13)16(25)12-24-19(26)17-14-4-5-15(9-14)18(17)20(24)27/h1,3-5,7,10,14-15,17-18H,2,8-9,11-12H2/t14-,15-,17-,18-/m0/s1. The van der Waals surface area contributed by atoms with Gasteiger partial charge in [0.1, 0.15) is 6.54 Å². The van der Waals surface area contributed by atoms with Gasteiger partial charge < -0.3 is 4.90 Å². The zero-order valence-electron chi connectivity index (χ0n) is 14.8. The fourth-order valence-electron chi connectivity index (χ4n) is 4.54. The van der Waals surface area contributed by atoms with E-state index >= 15 is 0 Å². The van der Waals surface area contributed by atoms with Crippen LogP contribution >= 0.6 is 0 Å². The van der Waals surface area contributed by atoms with E-state index < -0.39 is 0 Å². The van der Waals surface area contributed by atoms with E-state index in [-0.39, 0.29) is 60.9 Å². The van der Waals surface area contributed by atoms with Crippen molar-refractivity contribution in [1.29, 1.82) is 5.26 Å². The van der Waals surface area contributed by atoms with Gasteiger partial charge in [-0.05, 0) is 29.9 Å². The lowest BCUT2D eigenvalue weighted by atomic mass is 9.85. The number of hydrogen-bond acceptors (Lipinski definition) is 5. The molecule has 138 valence electrons. The van der Waals surface area contributed by atoms with Gasteiger partial charge in [-0.25, -0.2) is 0 Å². The van der Waals surface area contributed by atoms with E-state index in [0.29, 0.717) is 6.54 Å². The number of carbonyl (C=O) groups is 3. The van der Waals surface area contributed by atoms with Gasteiger partial charge in [0.2, 0.25) is 17.7 Å². The lowest BCUT2D eigenvalue weighted by Gasteiger charge is -2.25. The minimum absolute atomic E-state index is 0.127. The number of pyridine rings is 1. The van der Waals surface area contributed by atoms with Gasteiger partial charge in [-0.3, -0.25) is 24.3 Å². The fourth-order valence-corrected chi connectivity index (χ4v) is 4.54. The van der Waals surface area contributed by atoms with Crippen molar-refractivity contribution >= 4 is 17.7 Å². The van der Waals surface area contributed by atoms with Gasteiger partial charge in [0.05, 0.1) is 24.3 Å². The van der Waals surface area contributed by atoms with Gasteiger partial charge in [0.25, 0.3) is 0 Å². The van der Waals surface area contributed by atoms with Crippen LogP contribution in [0.1, 0.15) is 18.4 Å². The zero-order valence-corrected chi connectivity index (χ0v) is 14.8. The molecular formula is C20H20N4O3. The summed E-state index contributed by atoms with van der Waals surface area (Å²) in [6, 6.07) is 5.66. The van der Waals surface area contributed by atoms with Gasteiger partial charge in [-0.1, -0.05) is 18.2 Å². The number of likely N-dealkylation sites (tertiary alicyclic amines) is 1. The van der Waals surface area contributed by atoms with Crippen molar-refractivity contribution < 1.29 is 14.4 Å². The molecule has 2 aliphatic carbocycles. The summed E-state index contributed by atoms with van der Waals surface area (Å²) >= 11 is 0. The highest BCUT2D eigenvalue weighted by Gasteiger charge is 2.59. The molecule has 1 aromatic heterocycles. The second-order valence-electron chi connectivity index (χ2n) is 7.35. The lowest BCUT2D eigenvalue weighted by Crippen LogP contribution is -2.43. The van der Waals surface area contributed by atoms with Crippen LogP contribution in [0.2, 0.25) is 0 Å². The first kappa shape index (κ1) is 17.4. The summed E-state index contributed by atoms with van der Waals surface area (Å²) in [6.07, 6.45) is 8.42. The highest BCUT2D eigenvalue weighted by atomic mass is 16.2. The molecule has 0 spiro atoms. The number of hydrogen-bond donors (Lipinski definition) is 0. The second kappa shape index (κ2) is 6.95. The first-order valence-corrected chi connectivity index (χ1v) is 9.17. The molecule has 1 aromatic rings. The molecule has 1 saturated heterocycles. The summed E-state index contributed by atoms with van der Waals surface area (Å²) in [5.41, 5.74) is 0.835. The minimum Gasteiger partial charge on any atom is -0.336 e. The van der Waals surface area contributed by atoms with Crippen LogP contribution in [-0.4, -0.2) is 45.6 Å². The molecular weight excluding hydrogens is 344 g/mol. The highest BCUT2D eigenvalue weighted by molar-refractivity contribution is 6.08. The van der Waals surface area contributed by atoms with E-state index in [1.165, 1.54) is 4.90 Å². The Hall–Kier alpha value is -3.01. The number of fused-ring (bicyclic) bond motifs is 5. The van der Waals surface area contributed by atoms with Crippen LogP contribution in [0.25, 0.3) is 0 Å². The number of amides is 3. The monoisotopic (exact) mass is 364 g/mol. The van der Waals surface area contributed by atoms with Crippen LogP contribution in [0.4, 0.5) is 0 Å². The van der Waals surface area contributed by atoms with Crippen LogP contribution in [-0.2, 0) is 20.9 Å². The Morgan fingerprint density at radius 3 is 2.56 bits per heavy atom. The molecule has 3 aliphatic rings. The van der Waals surface area contributed by atoms with Crippen molar-refractivity contribution in [3.8, 4) is 6.07 Å². The third-order valence-corrected chi connectivity index (χ3v) is 5.80. The third-order valence-electron chi connectivity index (χ3n) is 5.80. The first-order valence-electron chi connectivity index (χ1n) is 9.17. The first-order chi connectivity index (χ1) is 13.1. The number of imide groups is 1. The summed E-state index contributed by atoms with van der Waals surface area (Å²) in [5, 5.41) is 8.88. The van der Waals surface area contributed by atoms with Gasteiger partial charge >= 0.3 is 0 Å². The third kappa shape index (κ3) is 3.01. The molecule has 3 amide bonds. The van der Waals surface area contributed by atoms with Crippen molar-refractivity contribution in [3.05, 3.63) is 42.2 Å². The largest absolute Gasteiger partial charge is 0.336 e. The molecule has 2 fully saturated rings. The van der Waals surface area contributed by atoms with Crippen LogP contribution in [0.15, 0.2) is 36.7 Å². The molecule has 0 radical (unpaired) electrons. The minimum atomic E-state index is -0.323. The van der Waals surface area contributed by atoms with Crippen molar-refractivity contribution in [2.45, 2.75) is 19.4 Å². The van der Waals surface area contributed by atoms with E-state index in [1.54, 1.807) is 18.5 Å². The summed E-state index contributed by atoms with van der Waals surface area (Å²) in [7, 11) is 0. The molecule has 4 rings (SSSR count). The van der Waals surface area contributed by atoms with E-state index in [4.69, 9.17) is 5.26 Å². The van der Waals surface area contributed by atoms with Gasteiger partial charge in [-0.15, -0.1) is 0 Å². The van der Waals surface area contributed by atoms with Gasteiger partial charge in [0, 0.05) is 25.5 Å². The van der Waals surface area contributed by atoms with Crippen LogP contribution in [0, 0.1) is 35.0 Å². The smallest absolute Gasteiger partial charge is 0.243 e. The molecule has 7 nitrogen and oxygen atoms in total. The van der Waals surface area contributed by atoms with Crippen LogP contribution < -0.4 is 0 Å². The van der Waals surface area contributed by atoms with E-state index in [0.717, 1.165) is 16.9 Å². The highest BCUT2D eigenvalue weighted by Crippen LogP contribution is 2.52. The maximum Gasteiger partial charge on any atom is 0.243 e. The van der Waals surface area contributed by atoms with Crippen molar-refractivity contribution in [3.63, 3.8) is 0 Å². The Labute approximate surface area is 157 Å². The topological polar surface area (TPSA) is 94.4 Å². The number of rotatable bonds is 6. The zero-order chi connectivity index (χ0) is 19.0. The molecule has 7 heteroatoms. The SMILES string of the molecule is N#CCCN(Cc1cccnc1)C(=O)CN1C(=O)[C@@H]2[C@@H](C1=O)[C@H]1C=C[C@H]2C1. The van der Waals surface area contributed by atoms with Gasteiger partial charge in [-0.2, -0.15) is 5.26 Å². The summed E-state index contributed by atoms with van der Waals surface area (Å²) in [4.78, 5) is 45.0. The van der Waals surface area contributed by atoms with Crippen molar-refractivity contribution in [2.75, 3.05) is 13.1 Å². The molecule has 2 bridgehead atoms. The predicted molar refractivity (Wildman–Crippen MR) is 94.3 cm³/mol. The predicted octanol–water partition coefficient (Wildman–Crippen LogP) is 1.13. The molecule has 0 N–H and O–H groups in total. The van der Waals surface area contributed by atoms with E-state index in [9.17, 15) is 14.4 Å². The summed E-state index contributed by atoms with van der Waals surface area (Å²) in [6.45, 7) is 0.292. The summed E-state index contributed by atoms with van der Waals surface area (Å²) in [5.74, 6) is -1.12. The van der Waals surface area contributed by atoms with Crippen LogP contribution in [0.3, 0.4) is 0 Å². The van der Waals surface area contributed by atoms with E-state index in [2.05, 4.69) is 4.98 Å². The Morgan fingerprint density at radius 1 is 1.26 bits per heavy atom. The lowest BCUT2D eigenvalue weighted by molar-refractivity contribution is -0.147. The van der Waals surface area contributed by atoms with Crippen molar-refractivity contribution in [1.82, 2.24) is 14.8 Å². The van der Waals surface area contributed by atoms with E-state index in [1.807, 2.05) is 24.3 Å². The fraction of sp³-hybridized carbons (Fsp3) is 0.450. The number of carbonyl (C=O) groups excluding carboxylic acids is 3. The number of aromatic nitrogens is 1. The number of nitrogens with zero attached hydrogens (tertiary/aromatic N) is 4. The molecule has 2 heterocycles. The quantitative estimate of drug-likeness (QED) is 0.557. The normalized spacial score (nSPS) is 27.7. The molecule has 1 saturated carbocycles. The Balaban J connectivity index is 1.47. The Kier molecular flexibility index (Phi) is 4.48. The van der Waals surface area contributed by atoms with Crippen LogP contribution in [0.5, 0.6) is 0 Å². The number of allylic oxidation sites excluding steroid dienone is 2. The maximum absolute atomic E-state index is 12.8. The van der Waals surface area contributed by atoms with Gasteiger partial charge in [0.15, 0.2) is 0 Å². The Bertz CT molecular complexity index is 815. The summed E-state index contributed by atoms with van der Waals surface area (Å²) < 4.78 is 0. The number of nitriles is 1. The molecule has 0 aromatic carbocycles. The maximum atomic E-state index is 12.8.